The van der Waals surface area contributed by atoms with Crippen molar-refractivity contribution < 1.29 is 14.3 Å². The van der Waals surface area contributed by atoms with Crippen LogP contribution in [0.2, 0.25) is 0 Å². The molecule has 2 aromatic rings. The molecule has 162 valence electrons. The summed E-state index contributed by atoms with van der Waals surface area (Å²) in [5, 5.41) is 3.39. The van der Waals surface area contributed by atoms with E-state index in [9.17, 15) is 9.59 Å². The van der Waals surface area contributed by atoms with Gasteiger partial charge in [0.2, 0.25) is 5.91 Å². The number of amides is 2. The molecule has 2 amide bonds. The lowest BCUT2D eigenvalue weighted by Crippen LogP contribution is -2.52. The second-order valence-electron chi connectivity index (χ2n) is 8.13. The zero-order valence-electron chi connectivity index (χ0n) is 17.9. The standard InChI is InChI=1S/C25H28N2O3S/c1-27-21-15-19(24(28)26-16-18-6-4-3-5-7-18)10-13-22(21)31-23(25(27)29)14-17-8-11-20(30-2)12-9-17/h3-9,11-12,14,19,21-22H,10,13,15-16H2,1-2H3,(H,26,28)/b23-14-. The summed E-state index contributed by atoms with van der Waals surface area (Å²) in [5.74, 6) is 0.874. The summed E-state index contributed by atoms with van der Waals surface area (Å²) < 4.78 is 5.21. The van der Waals surface area contributed by atoms with E-state index in [0.29, 0.717) is 11.8 Å². The van der Waals surface area contributed by atoms with Gasteiger partial charge in [-0.2, -0.15) is 0 Å². The van der Waals surface area contributed by atoms with E-state index in [0.717, 1.165) is 41.0 Å². The number of methoxy groups -OCH3 is 1. The highest BCUT2D eigenvalue weighted by molar-refractivity contribution is 8.04. The minimum atomic E-state index is -0.0482. The Morgan fingerprint density at radius 1 is 1.16 bits per heavy atom. The van der Waals surface area contributed by atoms with Gasteiger partial charge in [0, 0.05) is 30.8 Å². The molecule has 2 fully saturated rings. The predicted molar refractivity (Wildman–Crippen MR) is 125 cm³/mol. The summed E-state index contributed by atoms with van der Waals surface area (Å²) in [6.07, 6.45) is 4.46. The number of nitrogens with one attached hydrogen (secondary N) is 1. The molecule has 4 rings (SSSR count). The maximum atomic E-state index is 13.0. The lowest BCUT2D eigenvalue weighted by atomic mass is 9.83. The molecule has 1 heterocycles. The third-order valence-corrected chi connectivity index (χ3v) is 7.55. The molecule has 0 aromatic heterocycles. The highest BCUT2D eigenvalue weighted by atomic mass is 32.2. The molecule has 0 bridgehead atoms. The van der Waals surface area contributed by atoms with Crippen molar-refractivity contribution in [2.24, 2.45) is 5.92 Å². The first-order valence-electron chi connectivity index (χ1n) is 10.7. The minimum absolute atomic E-state index is 0.0346. The fourth-order valence-electron chi connectivity index (χ4n) is 4.32. The second kappa shape index (κ2) is 9.60. The summed E-state index contributed by atoms with van der Waals surface area (Å²) in [6, 6.07) is 17.7. The molecule has 6 heteroatoms. The van der Waals surface area contributed by atoms with E-state index < -0.39 is 0 Å². The molecule has 2 aliphatic rings. The van der Waals surface area contributed by atoms with Gasteiger partial charge < -0.3 is 15.0 Å². The lowest BCUT2D eigenvalue weighted by Gasteiger charge is -2.44. The first kappa shape index (κ1) is 21.5. The average Bonchev–Trinajstić information content (AvgIpc) is 2.82. The number of carbonyl (C=O) groups excluding carboxylic acids is 2. The first-order valence-corrected chi connectivity index (χ1v) is 11.5. The Hall–Kier alpha value is -2.73. The number of nitrogens with zero attached hydrogens (tertiary/aromatic N) is 1. The van der Waals surface area contributed by atoms with Crippen LogP contribution in [-0.2, 0) is 16.1 Å². The molecular formula is C25H28N2O3S. The van der Waals surface area contributed by atoms with Crippen LogP contribution in [0.3, 0.4) is 0 Å². The van der Waals surface area contributed by atoms with E-state index in [-0.39, 0.29) is 23.8 Å². The van der Waals surface area contributed by atoms with E-state index in [2.05, 4.69) is 5.32 Å². The van der Waals surface area contributed by atoms with Crippen LogP contribution in [0.5, 0.6) is 5.75 Å². The van der Waals surface area contributed by atoms with E-state index in [1.165, 1.54) is 0 Å². The molecule has 1 saturated carbocycles. The van der Waals surface area contributed by atoms with E-state index >= 15 is 0 Å². The van der Waals surface area contributed by atoms with Crippen LogP contribution in [0.4, 0.5) is 0 Å². The zero-order chi connectivity index (χ0) is 21.8. The monoisotopic (exact) mass is 436 g/mol. The fraction of sp³-hybridized carbons (Fsp3) is 0.360. The van der Waals surface area contributed by atoms with Crippen molar-refractivity contribution in [1.82, 2.24) is 10.2 Å². The Bertz CT molecular complexity index is 958. The number of ether oxygens (including phenoxy) is 1. The molecule has 0 radical (unpaired) electrons. The number of benzene rings is 2. The summed E-state index contributed by atoms with van der Waals surface area (Å²) in [5.41, 5.74) is 2.08. The summed E-state index contributed by atoms with van der Waals surface area (Å²) in [7, 11) is 3.51. The zero-order valence-corrected chi connectivity index (χ0v) is 18.7. The third kappa shape index (κ3) is 4.96. The SMILES string of the molecule is COc1ccc(/C=C2\SC3CCC(C(=O)NCc4ccccc4)CC3N(C)C2=O)cc1. The molecule has 3 atom stereocenters. The van der Waals surface area contributed by atoms with Crippen LogP contribution in [0, 0.1) is 5.92 Å². The van der Waals surface area contributed by atoms with Crippen molar-refractivity contribution in [2.45, 2.75) is 37.1 Å². The number of hydrogen-bond donors (Lipinski definition) is 1. The lowest BCUT2D eigenvalue weighted by molar-refractivity contribution is -0.132. The average molecular weight is 437 g/mol. The van der Waals surface area contributed by atoms with Crippen molar-refractivity contribution in [3.8, 4) is 5.75 Å². The Morgan fingerprint density at radius 3 is 2.61 bits per heavy atom. The number of hydrogen-bond acceptors (Lipinski definition) is 4. The van der Waals surface area contributed by atoms with Gasteiger partial charge in [-0.3, -0.25) is 9.59 Å². The molecular weight excluding hydrogens is 408 g/mol. The maximum absolute atomic E-state index is 13.0. The highest BCUT2D eigenvalue weighted by Gasteiger charge is 2.42. The number of thioether (sulfide) groups is 1. The fourth-order valence-corrected chi connectivity index (χ4v) is 5.80. The molecule has 2 aromatic carbocycles. The molecule has 5 nitrogen and oxygen atoms in total. The molecule has 0 spiro atoms. The van der Waals surface area contributed by atoms with Gasteiger partial charge in [-0.25, -0.2) is 0 Å². The second-order valence-corrected chi connectivity index (χ2v) is 9.42. The van der Waals surface area contributed by atoms with Crippen molar-refractivity contribution in [3.63, 3.8) is 0 Å². The van der Waals surface area contributed by atoms with Gasteiger partial charge in [-0.1, -0.05) is 42.5 Å². The van der Waals surface area contributed by atoms with Gasteiger partial charge in [0.05, 0.1) is 12.0 Å². The predicted octanol–water partition coefficient (Wildman–Crippen LogP) is 4.10. The summed E-state index contributed by atoms with van der Waals surface area (Å²) in [4.78, 5) is 28.4. The van der Waals surface area contributed by atoms with Crippen LogP contribution in [0.25, 0.3) is 6.08 Å². The van der Waals surface area contributed by atoms with Crippen molar-refractivity contribution in [2.75, 3.05) is 14.2 Å². The Kier molecular flexibility index (Phi) is 6.66. The Labute approximate surface area is 187 Å². The molecule has 3 unspecified atom stereocenters. The quantitative estimate of drug-likeness (QED) is 0.717. The van der Waals surface area contributed by atoms with E-state index in [4.69, 9.17) is 4.74 Å². The number of likely N-dealkylation sites (N-methyl/N-ethyl adjacent to an activating group) is 1. The molecule has 1 N–H and O–H groups in total. The smallest absolute Gasteiger partial charge is 0.260 e. The van der Waals surface area contributed by atoms with Gasteiger partial charge in [0.1, 0.15) is 5.75 Å². The van der Waals surface area contributed by atoms with Crippen molar-refractivity contribution in [3.05, 3.63) is 70.6 Å². The van der Waals surface area contributed by atoms with Crippen LogP contribution in [0.15, 0.2) is 59.5 Å². The largest absolute Gasteiger partial charge is 0.497 e. The molecule has 1 aliphatic heterocycles. The number of fused-ring (bicyclic) bond motifs is 1. The molecule has 1 aliphatic carbocycles. The van der Waals surface area contributed by atoms with Crippen LogP contribution < -0.4 is 10.1 Å². The summed E-state index contributed by atoms with van der Waals surface area (Å²) >= 11 is 1.66. The Balaban J connectivity index is 1.39. The van der Waals surface area contributed by atoms with E-state index in [1.54, 1.807) is 18.9 Å². The normalized spacial score (nSPS) is 24.6. The topological polar surface area (TPSA) is 58.6 Å². The van der Waals surface area contributed by atoms with Crippen LogP contribution >= 0.6 is 11.8 Å². The highest BCUT2D eigenvalue weighted by Crippen LogP contribution is 2.43. The van der Waals surface area contributed by atoms with Crippen molar-refractivity contribution in [1.29, 1.82) is 0 Å². The third-order valence-electron chi connectivity index (χ3n) is 6.16. The molecule has 1 saturated heterocycles. The summed E-state index contributed by atoms with van der Waals surface area (Å²) in [6.45, 7) is 0.544. The van der Waals surface area contributed by atoms with Gasteiger partial charge in [-0.05, 0) is 48.6 Å². The van der Waals surface area contributed by atoms with Crippen LogP contribution in [-0.4, -0.2) is 42.2 Å². The maximum Gasteiger partial charge on any atom is 0.260 e. The van der Waals surface area contributed by atoms with Gasteiger partial charge >= 0.3 is 0 Å². The van der Waals surface area contributed by atoms with Gasteiger partial charge in [-0.15, -0.1) is 11.8 Å². The minimum Gasteiger partial charge on any atom is -0.497 e. The Morgan fingerprint density at radius 2 is 1.90 bits per heavy atom. The number of carbonyl (C=O) groups is 2. The van der Waals surface area contributed by atoms with Crippen LogP contribution in [0.1, 0.15) is 30.4 Å². The van der Waals surface area contributed by atoms with Gasteiger partial charge in [0.25, 0.3) is 5.91 Å². The number of rotatable bonds is 5. The van der Waals surface area contributed by atoms with Gasteiger partial charge in [0.15, 0.2) is 0 Å². The van der Waals surface area contributed by atoms with Crippen molar-refractivity contribution >= 4 is 29.7 Å². The first-order chi connectivity index (χ1) is 15.0. The van der Waals surface area contributed by atoms with E-state index in [1.807, 2.05) is 72.6 Å². The molecule has 31 heavy (non-hydrogen) atoms.